The fourth-order valence-corrected chi connectivity index (χ4v) is 4.76. The van der Waals surface area contributed by atoms with E-state index >= 15 is 0 Å². The second kappa shape index (κ2) is 7.13. The van der Waals surface area contributed by atoms with E-state index < -0.39 is 16.1 Å². The Morgan fingerprint density at radius 2 is 1.96 bits per heavy atom. The van der Waals surface area contributed by atoms with Crippen molar-refractivity contribution in [2.75, 3.05) is 6.54 Å². The number of benzene rings is 1. The van der Waals surface area contributed by atoms with Crippen molar-refractivity contribution in [3.63, 3.8) is 0 Å². The highest BCUT2D eigenvalue weighted by Gasteiger charge is 2.18. The number of sulfonamides is 1. The number of aliphatic hydroxyl groups is 1. The molecule has 0 saturated heterocycles. The number of rotatable bonds is 6. The molecule has 0 fully saturated rings. The Hall–Kier alpha value is -1.21. The molecule has 0 radical (unpaired) electrons. The zero-order valence-corrected chi connectivity index (χ0v) is 14.5. The summed E-state index contributed by atoms with van der Waals surface area (Å²) < 4.78 is 27.4. The summed E-state index contributed by atoms with van der Waals surface area (Å²) in [6, 6.07) is 9.14. The quantitative estimate of drug-likeness (QED) is 0.841. The summed E-state index contributed by atoms with van der Waals surface area (Å²) in [5.74, 6) is 0. The van der Waals surface area contributed by atoms with Gasteiger partial charge in [-0.1, -0.05) is 12.1 Å². The van der Waals surface area contributed by atoms with Crippen LogP contribution in [0.25, 0.3) is 0 Å². The summed E-state index contributed by atoms with van der Waals surface area (Å²) in [6.45, 7) is 0.221. The zero-order chi connectivity index (χ0) is 16.3. The fourth-order valence-electron chi connectivity index (χ4n) is 2.91. The van der Waals surface area contributed by atoms with Gasteiger partial charge in [0.1, 0.15) is 0 Å². The van der Waals surface area contributed by atoms with Crippen molar-refractivity contribution in [3.05, 3.63) is 51.7 Å². The number of aliphatic hydroxyl groups excluding tert-OH is 1. The van der Waals surface area contributed by atoms with Crippen molar-refractivity contribution in [2.45, 2.75) is 43.1 Å². The lowest BCUT2D eigenvalue weighted by molar-refractivity contribution is 0.173. The molecule has 3 rings (SSSR count). The maximum atomic E-state index is 12.4. The van der Waals surface area contributed by atoms with Crippen LogP contribution in [0.5, 0.6) is 0 Å². The number of nitrogens with one attached hydrogen (secondary N) is 1. The third-order valence-electron chi connectivity index (χ3n) is 4.21. The Morgan fingerprint density at radius 1 is 1.17 bits per heavy atom. The van der Waals surface area contributed by atoms with Gasteiger partial charge in [0.05, 0.1) is 11.0 Å². The van der Waals surface area contributed by atoms with Crippen LogP contribution in [0.4, 0.5) is 0 Å². The molecule has 23 heavy (non-hydrogen) atoms. The second-order valence-electron chi connectivity index (χ2n) is 5.86. The van der Waals surface area contributed by atoms with Crippen molar-refractivity contribution in [3.8, 4) is 0 Å². The lowest BCUT2D eigenvalue weighted by Crippen LogP contribution is -2.26. The van der Waals surface area contributed by atoms with Crippen LogP contribution < -0.4 is 4.72 Å². The van der Waals surface area contributed by atoms with E-state index in [1.165, 1.54) is 23.3 Å². The third kappa shape index (κ3) is 4.01. The summed E-state index contributed by atoms with van der Waals surface area (Å²) in [6.07, 6.45) is 4.03. The zero-order valence-electron chi connectivity index (χ0n) is 12.9. The Balaban J connectivity index is 1.63. The molecule has 2 aromatic rings. The maximum Gasteiger partial charge on any atom is 0.240 e. The van der Waals surface area contributed by atoms with E-state index in [2.05, 4.69) is 4.72 Å². The molecule has 6 heteroatoms. The minimum atomic E-state index is -3.52. The summed E-state index contributed by atoms with van der Waals surface area (Å²) in [7, 11) is -3.52. The minimum Gasteiger partial charge on any atom is -0.388 e. The van der Waals surface area contributed by atoms with Crippen LogP contribution in [-0.2, 0) is 22.9 Å². The molecule has 1 aromatic heterocycles. The lowest BCUT2D eigenvalue weighted by Gasteiger charge is -2.17. The highest BCUT2D eigenvalue weighted by molar-refractivity contribution is 7.89. The molecule has 2 N–H and O–H groups in total. The van der Waals surface area contributed by atoms with Crippen molar-refractivity contribution >= 4 is 21.4 Å². The predicted octanol–water partition coefficient (Wildman–Crippen LogP) is 3.03. The second-order valence-corrected chi connectivity index (χ2v) is 8.60. The first-order valence-electron chi connectivity index (χ1n) is 7.89. The van der Waals surface area contributed by atoms with Crippen LogP contribution >= 0.6 is 11.3 Å². The van der Waals surface area contributed by atoms with Crippen molar-refractivity contribution in [1.82, 2.24) is 4.72 Å². The molecule has 1 atom stereocenters. The first-order valence-corrected chi connectivity index (χ1v) is 10.3. The van der Waals surface area contributed by atoms with Crippen molar-refractivity contribution in [1.29, 1.82) is 0 Å². The van der Waals surface area contributed by atoms with Crippen LogP contribution in [0, 0.1) is 0 Å². The molecule has 0 spiro atoms. The first kappa shape index (κ1) is 16.6. The molecule has 1 aliphatic rings. The standard InChI is InChI=1S/C17H21NO3S2/c19-16(17-6-3-11-22-17)9-10-18-23(20,21)15-8-7-13-4-1-2-5-14(13)12-15/h3,6-8,11-12,16,18-19H,1-2,4-5,9-10H2/t16-/m0/s1. The van der Waals surface area contributed by atoms with E-state index in [0.29, 0.717) is 11.3 Å². The lowest BCUT2D eigenvalue weighted by atomic mass is 9.92. The molecule has 1 heterocycles. The number of hydrogen-bond acceptors (Lipinski definition) is 4. The van der Waals surface area contributed by atoms with Gasteiger partial charge in [0.2, 0.25) is 10.0 Å². The van der Waals surface area contributed by atoms with Crippen LogP contribution in [0.1, 0.15) is 41.4 Å². The van der Waals surface area contributed by atoms with E-state index in [1.54, 1.807) is 12.1 Å². The minimum absolute atomic E-state index is 0.221. The Morgan fingerprint density at radius 3 is 2.70 bits per heavy atom. The topological polar surface area (TPSA) is 66.4 Å². The molecule has 0 unspecified atom stereocenters. The molecule has 0 saturated carbocycles. The Labute approximate surface area is 141 Å². The number of hydrogen-bond donors (Lipinski definition) is 2. The molecule has 4 nitrogen and oxygen atoms in total. The summed E-state index contributed by atoms with van der Waals surface area (Å²) in [5.41, 5.74) is 2.42. The Kier molecular flexibility index (Phi) is 5.16. The molecule has 1 aliphatic carbocycles. The largest absolute Gasteiger partial charge is 0.388 e. The van der Waals surface area contributed by atoms with E-state index in [4.69, 9.17) is 0 Å². The van der Waals surface area contributed by atoms with E-state index in [-0.39, 0.29) is 6.54 Å². The van der Waals surface area contributed by atoms with E-state index in [1.807, 2.05) is 23.6 Å². The van der Waals surface area contributed by atoms with Crippen molar-refractivity contribution < 1.29 is 13.5 Å². The van der Waals surface area contributed by atoms with Crippen molar-refractivity contribution in [2.24, 2.45) is 0 Å². The van der Waals surface area contributed by atoms with E-state index in [9.17, 15) is 13.5 Å². The predicted molar refractivity (Wildman–Crippen MR) is 92.2 cm³/mol. The first-order chi connectivity index (χ1) is 11.1. The summed E-state index contributed by atoms with van der Waals surface area (Å²) >= 11 is 1.47. The van der Waals surface area contributed by atoms with Gasteiger partial charge in [-0.2, -0.15) is 0 Å². The monoisotopic (exact) mass is 351 g/mol. The van der Waals surface area contributed by atoms with Crippen LogP contribution in [0.15, 0.2) is 40.6 Å². The maximum absolute atomic E-state index is 12.4. The molecule has 124 valence electrons. The molecular weight excluding hydrogens is 330 g/mol. The average molecular weight is 351 g/mol. The van der Waals surface area contributed by atoms with E-state index in [0.717, 1.165) is 29.7 Å². The molecule has 1 aromatic carbocycles. The van der Waals surface area contributed by atoms with Gasteiger partial charge in [-0.05, 0) is 66.8 Å². The molecule has 0 amide bonds. The smallest absolute Gasteiger partial charge is 0.240 e. The van der Waals surface area contributed by atoms with Crippen LogP contribution in [-0.4, -0.2) is 20.1 Å². The SMILES string of the molecule is O=S(=O)(NCC[C@H](O)c1cccs1)c1ccc2c(c1)CCCC2. The Bertz CT molecular complexity index is 754. The highest BCUT2D eigenvalue weighted by atomic mass is 32.2. The van der Waals surface area contributed by atoms with Gasteiger partial charge in [0.15, 0.2) is 0 Å². The molecular formula is C17H21NO3S2. The normalized spacial score (nSPS) is 16.0. The number of fused-ring (bicyclic) bond motifs is 1. The van der Waals surface area contributed by atoms with Gasteiger partial charge in [0, 0.05) is 11.4 Å². The average Bonchev–Trinajstić information content (AvgIpc) is 3.08. The third-order valence-corrected chi connectivity index (χ3v) is 6.64. The number of thiophene rings is 1. The number of aryl methyl sites for hydroxylation is 2. The highest BCUT2D eigenvalue weighted by Crippen LogP contribution is 2.24. The summed E-state index contributed by atoms with van der Waals surface area (Å²) in [5, 5.41) is 11.9. The van der Waals surface area contributed by atoms with Gasteiger partial charge < -0.3 is 5.11 Å². The molecule has 0 bridgehead atoms. The fraction of sp³-hybridized carbons (Fsp3) is 0.412. The van der Waals surface area contributed by atoms with Crippen LogP contribution in [0.3, 0.4) is 0 Å². The molecule has 0 aliphatic heterocycles. The van der Waals surface area contributed by atoms with Gasteiger partial charge in [-0.15, -0.1) is 11.3 Å². The van der Waals surface area contributed by atoms with Crippen LogP contribution in [0.2, 0.25) is 0 Å². The van der Waals surface area contributed by atoms with Gasteiger partial charge in [-0.3, -0.25) is 0 Å². The summed E-state index contributed by atoms with van der Waals surface area (Å²) in [4.78, 5) is 1.18. The van der Waals surface area contributed by atoms with Gasteiger partial charge >= 0.3 is 0 Å². The van der Waals surface area contributed by atoms with Gasteiger partial charge in [0.25, 0.3) is 0 Å². The van der Waals surface area contributed by atoms with Gasteiger partial charge in [-0.25, -0.2) is 13.1 Å².